The van der Waals surface area contributed by atoms with Crippen molar-refractivity contribution in [1.82, 2.24) is 10.6 Å². The van der Waals surface area contributed by atoms with Gasteiger partial charge < -0.3 is 20.1 Å². The highest BCUT2D eigenvalue weighted by Gasteiger charge is 2.32. The quantitative estimate of drug-likeness (QED) is 0.597. The summed E-state index contributed by atoms with van der Waals surface area (Å²) < 4.78 is 10.3. The molecule has 2 fully saturated rings. The van der Waals surface area contributed by atoms with Crippen LogP contribution in [0.25, 0.3) is 0 Å². The number of amides is 1. The molecule has 0 radical (unpaired) electrons. The van der Waals surface area contributed by atoms with Gasteiger partial charge in [0, 0.05) is 12.6 Å². The third-order valence-electron chi connectivity index (χ3n) is 4.51. The molecule has 0 aromatic heterocycles. The Bertz CT molecular complexity index is 413. The van der Waals surface area contributed by atoms with Gasteiger partial charge in [-0.2, -0.15) is 0 Å². The SMILES string of the molecule is C=CCC1CCCCC1OC(=O)N[C@H]1CN[C@H](C(=O)OC)C1. The molecule has 1 aliphatic carbocycles. The van der Waals surface area contributed by atoms with Gasteiger partial charge in [-0.1, -0.05) is 12.5 Å². The van der Waals surface area contributed by atoms with Gasteiger partial charge in [0.2, 0.25) is 0 Å². The normalized spacial score (nSPS) is 31.3. The number of carbonyl (C=O) groups excluding carboxylic acids is 2. The molecule has 0 bridgehead atoms. The van der Waals surface area contributed by atoms with Crippen LogP contribution in [0.1, 0.15) is 38.5 Å². The van der Waals surface area contributed by atoms with Crippen LogP contribution in [-0.4, -0.2) is 43.9 Å². The maximum atomic E-state index is 12.1. The number of esters is 1. The van der Waals surface area contributed by atoms with Crippen molar-refractivity contribution < 1.29 is 19.1 Å². The first kappa shape index (κ1) is 16.8. The number of ether oxygens (including phenoxy) is 2. The fourth-order valence-electron chi connectivity index (χ4n) is 3.32. The molecule has 2 rings (SSSR count). The molecular weight excluding hydrogens is 284 g/mol. The van der Waals surface area contributed by atoms with Crippen molar-refractivity contribution in [2.45, 2.75) is 56.7 Å². The van der Waals surface area contributed by atoms with Crippen LogP contribution in [-0.2, 0) is 14.3 Å². The molecular formula is C16H26N2O4. The van der Waals surface area contributed by atoms with Crippen LogP contribution in [0.5, 0.6) is 0 Å². The number of nitrogens with one attached hydrogen (secondary N) is 2. The fraction of sp³-hybridized carbons (Fsp3) is 0.750. The Morgan fingerprint density at radius 3 is 2.86 bits per heavy atom. The molecule has 2 aliphatic rings. The predicted octanol–water partition coefficient (Wildman–Crippen LogP) is 1.75. The highest BCUT2D eigenvalue weighted by Crippen LogP contribution is 2.29. The lowest BCUT2D eigenvalue weighted by molar-refractivity contribution is -0.142. The van der Waals surface area contributed by atoms with Crippen molar-refractivity contribution in [3.63, 3.8) is 0 Å². The van der Waals surface area contributed by atoms with E-state index < -0.39 is 6.09 Å². The fourth-order valence-corrected chi connectivity index (χ4v) is 3.32. The lowest BCUT2D eigenvalue weighted by Crippen LogP contribution is -2.40. The second kappa shape index (κ2) is 8.17. The first-order valence-corrected chi connectivity index (χ1v) is 8.03. The van der Waals surface area contributed by atoms with E-state index in [1.54, 1.807) is 0 Å². The molecule has 0 aromatic carbocycles. The van der Waals surface area contributed by atoms with E-state index in [9.17, 15) is 9.59 Å². The summed E-state index contributed by atoms with van der Waals surface area (Å²) in [6.07, 6.45) is 7.17. The van der Waals surface area contributed by atoms with Crippen molar-refractivity contribution in [2.75, 3.05) is 13.7 Å². The molecule has 1 aliphatic heterocycles. The topological polar surface area (TPSA) is 76.7 Å². The van der Waals surface area contributed by atoms with Gasteiger partial charge in [0.1, 0.15) is 12.1 Å². The average molecular weight is 310 g/mol. The molecule has 1 heterocycles. The van der Waals surface area contributed by atoms with Gasteiger partial charge in [0.25, 0.3) is 0 Å². The van der Waals surface area contributed by atoms with E-state index in [4.69, 9.17) is 9.47 Å². The zero-order valence-corrected chi connectivity index (χ0v) is 13.2. The van der Waals surface area contributed by atoms with Crippen molar-refractivity contribution in [1.29, 1.82) is 0 Å². The van der Waals surface area contributed by atoms with Crippen LogP contribution in [0.4, 0.5) is 4.79 Å². The van der Waals surface area contributed by atoms with Crippen LogP contribution in [0.3, 0.4) is 0 Å². The van der Waals surface area contributed by atoms with Crippen molar-refractivity contribution in [3.8, 4) is 0 Å². The van der Waals surface area contributed by atoms with Gasteiger partial charge in [0.05, 0.1) is 7.11 Å². The molecule has 2 unspecified atom stereocenters. The number of hydrogen-bond acceptors (Lipinski definition) is 5. The summed E-state index contributed by atoms with van der Waals surface area (Å²) >= 11 is 0. The molecule has 2 N–H and O–H groups in total. The predicted molar refractivity (Wildman–Crippen MR) is 82.4 cm³/mol. The molecule has 22 heavy (non-hydrogen) atoms. The summed E-state index contributed by atoms with van der Waals surface area (Å²) in [6, 6.07) is -0.448. The van der Waals surface area contributed by atoms with Gasteiger partial charge in [-0.15, -0.1) is 6.58 Å². The summed E-state index contributed by atoms with van der Waals surface area (Å²) in [5.74, 6) is 0.0810. The van der Waals surface area contributed by atoms with Gasteiger partial charge in [-0.3, -0.25) is 4.79 Å². The Morgan fingerprint density at radius 2 is 2.14 bits per heavy atom. The van der Waals surface area contributed by atoms with Gasteiger partial charge >= 0.3 is 12.1 Å². The summed E-state index contributed by atoms with van der Waals surface area (Å²) in [4.78, 5) is 23.5. The molecule has 6 nitrogen and oxygen atoms in total. The maximum absolute atomic E-state index is 12.1. The Balaban J connectivity index is 1.77. The lowest BCUT2D eigenvalue weighted by atomic mass is 9.84. The summed E-state index contributed by atoms with van der Waals surface area (Å²) in [5, 5.41) is 5.88. The molecule has 4 atom stereocenters. The zero-order valence-electron chi connectivity index (χ0n) is 13.2. The smallest absolute Gasteiger partial charge is 0.407 e. The van der Waals surface area contributed by atoms with E-state index >= 15 is 0 Å². The number of alkyl carbamates (subject to hydrolysis) is 1. The largest absolute Gasteiger partial charge is 0.468 e. The minimum atomic E-state index is -0.390. The van der Waals surface area contributed by atoms with Crippen LogP contribution >= 0.6 is 0 Å². The second-order valence-electron chi connectivity index (χ2n) is 6.07. The van der Waals surface area contributed by atoms with Crippen LogP contribution < -0.4 is 10.6 Å². The van der Waals surface area contributed by atoms with Crippen LogP contribution in [0.15, 0.2) is 12.7 Å². The lowest BCUT2D eigenvalue weighted by Gasteiger charge is -2.30. The molecule has 1 saturated carbocycles. The van der Waals surface area contributed by atoms with Gasteiger partial charge in [-0.05, 0) is 38.0 Å². The van der Waals surface area contributed by atoms with E-state index in [-0.39, 0.29) is 24.2 Å². The number of methoxy groups -OCH3 is 1. The van der Waals surface area contributed by atoms with Crippen LogP contribution in [0.2, 0.25) is 0 Å². The van der Waals surface area contributed by atoms with Gasteiger partial charge in [0.15, 0.2) is 0 Å². The summed E-state index contributed by atoms with van der Waals surface area (Å²) in [7, 11) is 1.36. The van der Waals surface area contributed by atoms with Gasteiger partial charge in [-0.25, -0.2) is 4.79 Å². The van der Waals surface area contributed by atoms with Crippen molar-refractivity contribution >= 4 is 12.1 Å². The number of rotatable bonds is 5. The van der Waals surface area contributed by atoms with E-state index in [2.05, 4.69) is 17.2 Å². The molecule has 0 aromatic rings. The highest BCUT2D eigenvalue weighted by molar-refractivity contribution is 5.76. The first-order chi connectivity index (χ1) is 10.6. The minimum Gasteiger partial charge on any atom is -0.468 e. The van der Waals surface area contributed by atoms with E-state index in [1.165, 1.54) is 13.5 Å². The molecule has 1 amide bonds. The molecule has 124 valence electrons. The standard InChI is InChI=1S/C16H26N2O4/c1-3-6-11-7-4-5-8-14(11)22-16(20)18-12-9-13(17-10-12)15(19)21-2/h3,11-14,17H,1,4-10H2,2H3,(H,18,20)/t11?,12-,13+,14?/m1/s1. The Labute approximate surface area is 131 Å². The number of allylic oxidation sites excluding steroid dienone is 1. The summed E-state index contributed by atoms with van der Waals surface area (Å²) in [6.45, 7) is 4.33. The Kier molecular flexibility index (Phi) is 6.24. The molecule has 6 heteroatoms. The van der Waals surface area contributed by atoms with E-state index in [0.717, 1.165) is 25.7 Å². The third-order valence-corrected chi connectivity index (χ3v) is 4.51. The maximum Gasteiger partial charge on any atom is 0.407 e. The highest BCUT2D eigenvalue weighted by atomic mass is 16.6. The Hall–Kier alpha value is -1.56. The monoisotopic (exact) mass is 310 g/mol. The second-order valence-corrected chi connectivity index (χ2v) is 6.07. The molecule has 0 spiro atoms. The zero-order chi connectivity index (χ0) is 15.9. The van der Waals surface area contributed by atoms with Crippen molar-refractivity contribution in [3.05, 3.63) is 12.7 Å². The van der Waals surface area contributed by atoms with E-state index in [0.29, 0.717) is 18.9 Å². The average Bonchev–Trinajstić information content (AvgIpc) is 2.97. The molecule has 1 saturated heterocycles. The first-order valence-electron chi connectivity index (χ1n) is 8.03. The van der Waals surface area contributed by atoms with Crippen LogP contribution in [0, 0.1) is 5.92 Å². The Morgan fingerprint density at radius 1 is 1.36 bits per heavy atom. The number of carbonyl (C=O) groups is 2. The van der Waals surface area contributed by atoms with E-state index in [1.807, 2.05) is 6.08 Å². The summed E-state index contributed by atoms with van der Waals surface area (Å²) in [5.41, 5.74) is 0. The number of hydrogen-bond donors (Lipinski definition) is 2. The van der Waals surface area contributed by atoms with Crippen molar-refractivity contribution in [2.24, 2.45) is 5.92 Å². The minimum absolute atomic E-state index is 0.0301. The third kappa shape index (κ3) is 4.47.